The summed E-state index contributed by atoms with van der Waals surface area (Å²) < 4.78 is 0. The van der Waals surface area contributed by atoms with Crippen molar-refractivity contribution in [3.8, 4) is 0 Å². The van der Waals surface area contributed by atoms with Crippen LogP contribution in [0.2, 0.25) is 0 Å². The van der Waals surface area contributed by atoms with Gasteiger partial charge in [0, 0.05) is 12.8 Å². The van der Waals surface area contributed by atoms with Crippen LogP contribution >= 0.6 is 0 Å². The van der Waals surface area contributed by atoms with E-state index in [9.17, 15) is 19.5 Å². The first-order valence-electron chi connectivity index (χ1n) is 8.72. The number of nitrogens with one attached hydrogen (secondary N) is 1. The van der Waals surface area contributed by atoms with Gasteiger partial charge in [-0.25, -0.2) is 4.79 Å². The van der Waals surface area contributed by atoms with E-state index in [0.29, 0.717) is 19.3 Å². The second-order valence-electron chi connectivity index (χ2n) is 5.99. The van der Waals surface area contributed by atoms with Crippen molar-refractivity contribution in [1.29, 1.82) is 0 Å². The van der Waals surface area contributed by atoms with Gasteiger partial charge in [0.2, 0.25) is 5.91 Å². The quantitative estimate of drug-likeness (QED) is 0.335. The van der Waals surface area contributed by atoms with Crippen LogP contribution in [0.5, 0.6) is 0 Å². The highest BCUT2D eigenvalue weighted by Crippen LogP contribution is 2.20. The Bertz CT molecular complexity index is 385. The van der Waals surface area contributed by atoms with E-state index in [2.05, 4.69) is 5.32 Å². The van der Waals surface area contributed by atoms with Crippen LogP contribution in [0.4, 0.5) is 0 Å². The van der Waals surface area contributed by atoms with Crippen molar-refractivity contribution >= 4 is 17.7 Å². The lowest BCUT2D eigenvalue weighted by molar-refractivity contribution is -0.153. The molecule has 6 nitrogen and oxygen atoms in total. The number of rotatable bonds is 14. The lowest BCUT2D eigenvalue weighted by Crippen LogP contribution is -2.60. The van der Waals surface area contributed by atoms with Gasteiger partial charge in [-0.3, -0.25) is 9.59 Å². The van der Waals surface area contributed by atoms with Gasteiger partial charge in [-0.05, 0) is 32.2 Å². The Balaban J connectivity index is 5.04. The van der Waals surface area contributed by atoms with E-state index in [1.165, 1.54) is 0 Å². The molecule has 6 heteroatoms. The summed E-state index contributed by atoms with van der Waals surface area (Å²) >= 11 is 0. The molecule has 0 fully saturated rings. The van der Waals surface area contributed by atoms with E-state index >= 15 is 0 Å². The summed E-state index contributed by atoms with van der Waals surface area (Å²) in [5, 5.41) is 12.1. The highest BCUT2D eigenvalue weighted by atomic mass is 16.4. The van der Waals surface area contributed by atoms with E-state index in [1.54, 1.807) is 0 Å². The van der Waals surface area contributed by atoms with Gasteiger partial charge < -0.3 is 16.2 Å². The van der Waals surface area contributed by atoms with Crippen molar-refractivity contribution in [3.63, 3.8) is 0 Å². The minimum atomic E-state index is -1.82. The zero-order chi connectivity index (χ0) is 17.7. The molecule has 0 aliphatic carbocycles. The van der Waals surface area contributed by atoms with E-state index in [0.717, 1.165) is 25.7 Å². The van der Waals surface area contributed by atoms with Crippen LogP contribution in [-0.2, 0) is 14.4 Å². The first-order valence-corrected chi connectivity index (χ1v) is 8.72. The Morgan fingerprint density at radius 3 is 2.00 bits per heavy atom. The summed E-state index contributed by atoms with van der Waals surface area (Å²) in [5.41, 5.74) is 3.65. The normalized spacial score (nSPS) is 13.3. The average molecular weight is 328 g/mol. The Labute approximate surface area is 139 Å². The zero-order valence-electron chi connectivity index (χ0n) is 14.5. The maximum atomic E-state index is 12.5. The number of carboxylic acid groups (broad SMARTS) is 1. The SMILES string of the molecule is CCCCCC(=O)N[C@@](CCCN)(C(=O)O)C(=O)CCCCC. The van der Waals surface area contributed by atoms with Crippen molar-refractivity contribution in [2.45, 2.75) is 83.6 Å². The lowest BCUT2D eigenvalue weighted by Gasteiger charge is -2.29. The Morgan fingerprint density at radius 1 is 0.957 bits per heavy atom. The molecule has 0 aromatic carbocycles. The molecule has 0 unspecified atom stereocenters. The number of hydrogen-bond donors (Lipinski definition) is 3. The number of Topliss-reactive ketones (excluding diaryl/α,β-unsaturated/α-hetero) is 1. The average Bonchev–Trinajstić information content (AvgIpc) is 2.51. The molecule has 0 radical (unpaired) electrons. The van der Waals surface area contributed by atoms with Gasteiger partial charge in [0.25, 0.3) is 0 Å². The summed E-state index contributed by atoms with van der Waals surface area (Å²) in [4.78, 5) is 36.4. The minimum Gasteiger partial charge on any atom is -0.479 e. The van der Waals surface area contributed by atoms with Crippen molar-refractivity contribution in [2.24, 2.45) is 5.73 Å². The predicted octanol–water partition coefficient (Wildman–Crippen LogP) is 2.39. The number of carboxylic acids is 1. The summed E-state index contributed by atoms with van der Waals surface area (Å²) in [6.07, 6.45) is 5.85. The molecule has 0 spiro atoms. The third kappa shape index (κ3) is 7.59. The molecular formula is C17H32N2O4. The van der Waals surface area contributed by atoms with E-state index < -0.39 is 17.3 Å². The van der Waals surface area contributed by atoms with Gasteiger partial charge in [0.05, 0.1) is 0 Å². The third-order valence-corrected chi connectivity index (χ3v) is 3.96. The molecule has 0 saturated heterocycles. The lowest BCUT2D eigenvalue weighted by atomic mass is 9.85. The van der Waals surface area contributed by atoms with Gasteiger partial charge in [-0.2, -0.15) is 0 Å². The number of nitrogens with two attached hydrogens (primary N) is 1. The van der Waals surface area contributed by atoms with Crippen molar-refractivity contribution in [1.82, 2.24) is 5.32 Å². The summed E-state index contributed by atoms with van der Waals surface area (Å²) in [6, 6.07) is 0. The largest absolute Gasteiger partial charge is 0.479 e. The highest BCUT2D eigenvalue weighted by molar-refractivity contribution is 6.10. The minimum absolute atomic E-state index is 0.0449. The maximum Gasteiger partial charge on any atom is 0.337 e. The maximum absolute atomic E-state index is 12.5. The molecule has 0 aromatic heterocycles. The first kappa shape index (κ1) is 21.6. The molecule has 0 rings (SSSR count). The molecule has 0 aromatic rings. The summed E-state index contributed by atoms with van der Waals surface area (Å²) in [7, 11) is 0. The fraction of sp³-hybridized carbons (Fsp3) is 0.824. The van der Waals surface area contributed by atoms with Gasteiger partial charge in [0.1, 0.15) is 0 Å². The molecule has 23 heavy (non-hydrogen) atoms. The second-order valence-corrected chi connectivity index (χ2v) is 5.99. The molecule has 1 amide bonds. The van der Waals surface area contributed by atoms with E-state index in [-0.39, 0.29) is 31.7 Å². The molecule has 0 heterocycles. The summed E-state index contributed by atoms with van der Waals surface area (Å²) in [6.45, 7) is 4.32. The van der Waals surface area contributed by atoms with Crippen LogP contribution in [0.25, 0.3) is 0 Å². The van der Waals surface area contributed by atoms with Gasteiger partial charge in [-0.1, -0.05) is 39.5 Å². The number of unbranched alkanes of at least 4 members (excludes halogenated alkanes) is 4. The topological polar surface area (TPSA) is 109 Å². The number of aliphatic carboxylic acids is 1. The Morgan fingerprint density at radius 2 is 1.52 bits per heavy atom. The van der Waals surface area contributed by atoms with Gasteiger partial charge in [-0.15, -0.1) is 0 Å². The molecule has 1 atom stereocenters. The fourth-order valence-corrected chi connectivity index (χ4v) is 2.50. The number of hydrogen-bond acceptors (Lipinski definition) is 4. The molecular weight excluding hydrogens is 296 g/mol. The second kappa shape index (κ2) is 12.0. The van der Waals surface area contributed by atoms with Crippen molar-refractivity contribution in [2.75, 3.05) is 6.54 Å². The van der Waals surface area contributed by atoms with Crippen molar-refractivity contribution < 1.29 is 19.5 Å². The zero-order valence-corrected chi connectivity index (χ0v) is 14.5. The first-order chi connectivity index (χ1) is 10.9. The molecule has 0 saturated carbocycles. The van der Waals surface area contributed by atoms with E-state index in [4.69, 9.17) is 5.73 Å². The van der Waals surface area contributed by atoms with Crippen molar-refractivity contribution in [3.05, 3.63) is 0 Å². The van der Waals surface area contributed by atoms with Gasteiger partial charge in [0.15, 0.2) is 11.3 Å². The van der Waals surface area contributed by atoms with Crippen LogP contribution in [0.1, 0.15) is 78.1 Å². The van der Waals surface area contributed by atoms with Crippen LogP contribution in [-0.4, -0.2) is 34.8 Å². The summed E-state index contributed by atoms with van der Waals surface area (Å²) in [5.74, 6) is -2.08. The van der Waals surface area contributed by atoms with Crippen LogP contribution in [0, 0.1) is 0 Å². The number of carbonyl (C=O) groups excluding carboxylic acids is 2. The molecule has 0 aliphatic heterocycles. The monoisotopic (exact) mass is 328 g/mol. The van der Waals surface area contributed by atoms with Crippen LogP contribution < -0.4 is 11.1 Å². The smallest absolute Gasteiger partial charge is 0.337 e. The van der Waals surface area contributed by atoms with Crippen LogP contribution in [0.15, 0.2) is 0 Å². The molecule has 134 valence electrons. The molecule has 0 bridgehead atoms. The molecule has 0 aliphatic rings. The standard InChI is InChI=1S/C17H32N2O4/c1-3-5-7-10-14(20)17(16(22)23,12-9-13-18)19-15(21)11-8-6-4-2/h3-13,18H2,1-2H3,(H,19,21)(H,22,23)/t17-/m1/s1. The number of ketones is 1. The Kier molecular flexibility index (Phi) is 11.3. The van der Waals surface area contributed by atoms with Gasteiger partial charge >= 0.3 is 5.97 Å². The van der Waals surface area contributed by atoms with Crippen LogP contribution in [0.3, 0.4) is 0 Å². The fourth-order valence-electron chi connectivity index (χ4n) is 2.50. The number of carbonyl (C=O) groups is 3. The third-order valence-electron chi connectivity index (χ3n) is 3.96. The predicted molar refractivity (Wildman–Crippen MR) is 90.1 cm³/mol. The van der Waals surface area contributed by atoms with E-state index in [1.807, 2.05) is 13.8 Å². The highest BCUT2D eigenvalue weighted by Gasteiger charge is 2.45. The Hall–Kier alpha value is -1.43. The molecule has 4 N–H and O–H groups in total. The number of amides is 1.